The third-order valence-electron chi connectivity index (χ3n) is 5.38. The van der Waals surface area contributed by atoms with E-state index in [-0.39, 0.29) is 0 Å². The molecule has 0 bridgehead atoms. The van der Waals surface area contributed by atoms with Gasteiger partial charge in [0.15, 0.2) is 0 Å². The maximum atomic E-state index is 4.89. The van der Waals surface area contributed by atoms with Crippen molar-refractivity contribution in [2.24, 2.45) is 0 Å². The predicted octanol–water partition coefficient (Wildman–Crippen LogP) is 7.67. The van der Waals surface area contributed by atoms with Gasteiger partial charge in [-0.25, -0.2) is 12.2 Å². The van der Waals surface area contributed by atoms with E-state index in [0.717, 1.165) is 6.42 Å². The number of halogens is 2. The maximum absolute atomic E-state index is 4.89. The van der Waals surface area contributed by atoms with E-state index in [9.17, 15) is 0 Å². The Morgan fingerprint density at radius 1 is 1.00 bits per heavy atom. The first-order chi connectivity index (χ1) is 14.3. The molecule has 0 saturated carbocycles. The summed E-state index contributed by atoms with van der Waals surface area (Å²) in [5, 5.41) is 4.10. The number of allylic oxidation sites excluding steroid dienone is 4. The van der Waals surface area contributed by atoms with Crippen LogP contribution in [0.2, 0.25) is 0 Å². The Labute approximate surface area is 188 Å². The fourth-order valence-electron chi connectivity index (χ4n) is 4.23. The second-order valence-corrected chi connectivity index (χ2v) is 9.63. The summed E-state index contributed by atoms with van der Waals surface area (Å²) in [5.74, 6) is 0. The molecule has 4 heteroatoms. The third-order valence-corrected chi connectivity index (χ3v) is 5.38. The second-order valence-electron chi connectivity index (χ2n) is 7.05. The SMILES string of the molecule is [C-]1=CC=CC1.[Cl][Ti][Cl].c1ccc2[cH-]c(-n3c4c(c5ccccc53)CCC4)cc2c1. The Bertz CT molecular complexity index is 1120. The average molecular weight is 454 g/mol. The van der Waals surface area contributed by atoms with Gasteiger partial charge in [-0.3, -0.25) is 6.08 Å². The number of para-hydroxylation sites is 1. The quantitative estimate of drug-likeness (QED) is 0.206. The van der Waals surface area contributed by atoms with Crippen LogP contribution < -0.4 is 0 Å². The van der Waals surface area contributed by atoms with Gasteiger partial charge in [-0.2, -0.15) is 6.08 Å². The molecule has 0 atom stereocenters. The smallest absolute Gasteiger partial charge is 0.0516 e. The van der Waals surface area contributed by atoms with E-state index in [1.807, 2.05) is 12.2 Å². The molecule has 1 heterocycles. The molecule has 0 saturated heterocycles. The maximum Gasteiger partial charge on any atom is 0.0516 e. The van der Waals surface area contributed by atoms with Crippen LogP contribution in [-0.4, -0.2) is 4.57 Å². The van der Waals surface area contributed by atoms with E-state index in [2.05, 4.69) is 77.4 Å². The summed E-state index contributed by atoms with van der Waals surface area (Å²) < 4.78 is 2.48. The summed E-state index contributed by atoms with van der Waals surface area (Å²) in [6.45, 7) is 0. The fourth-order valence-corrected chi connectivity index (χ4v) is 4.23. The summed E-state index contributed by atoms with van der Waals surface area (Å²) in [7, 11) is 9.78. The molecule has 6 rings (SSSR count). The van der Waals surface area contributed by atoms with Crippen LogP contribution in [0.15, 0.2) is 78.9 Å². The second kappa shape index (κ2) is 9.91. The molecular formula is C25H21Cl2NTi-2. The zero-order valence-corrected chi connectivity index (χ0v) is 19.1. The summed E-state index contributed by atoms with van der Waals surface area (Å²) >= 11 is -0.556. The summed E-state index contributed by atoms with van der Waals surface area (Å²) in [4.78, 5) is 0. The van der Waals surface area contributed by atoms with E-state index in [1.54, 1.807) is 5.56 Å². The molecule has 1 aromatic heterocycles. The van der Waals surface area contributed by atoms with Crippen molar-refractivity contribution in [2.45, 2.75) is 25.7 Å². The molecule has 146 valence electrons. The van der Waals surface area contributed by atoms with Gasteiger partial charge in [-0.1, -0.05) is 24.3 Å². The van der Waals surface area contributed by atoms with Crippen LogP contribution in [0.25, 0.3) is 27.4 Å². The zero-order chi connectivity index (χ0) is 20.1. The monoisotopic (exact) mass is 453 g/mol. The molecule has 0 aliphatic heterocycles. The van der Waals surface area contributed by atoms with Gasteiger partial charge in [-0.15, -0.1) is 47.5 Å². The molecule has 0 spiro atoms. The van der Waals surface area contributed by atoms with Crippen LogP contribution in [0.5, 0.6) is 0 Å². The van der Waals surface area contributed by atoms with Crippen molar-refractivity contribution in [1.82, 2.24) is 4.57 Å². The minimum absolute atomic E-state index is 0.556. The molecule has 29 heavy (non-hydrogen) atoms. The summed E-state index contributed by atoms with van der Waals surface area (Å²) in [5.41, 5.74) is 5.76. The first-order valence-corrected chi connectivity index (χ1v) is 14.1. The number of nitrogens with zero attached hydrogens (tertiary/aromatic N) is 1. The van der Waals surface area contributed by atoms with Gasteiger partial charge in [0.1, 0.15) is 0 Å². The number of fused-ring (bicyclic) bond motifs is 4. The molecular weight excluding hydrogens is 433 g/mol. The van der Waals surface area contributed by atoms with Crippen molar-refractivity contribution < 1.29 is 17.0 Å². The number of hydrogen-bond donors (Lipinski definition) is 0. The van der Waals surface area contributed by atoms with Gasteiger partial charge in [0.25, 0.3) is 0 Å². The molecule has 4 aromatic rings. The van der Waals surface area contributed by atoms with Crippen molar-refractivity contribution in [3.63, 3.8) is 0 Å². The molecule has 0 unspecified atom stereocenters. The van der Waals surface area contributed by atoms with Crippen LogP contribution in [0.1, 0.15) is 24.1 Å². The minimum Gasteiger partial charge on any atom is -0.332 e. The van der Waals surface area contributed by atoms with Crippen molar-refractivity contribution >= 4 is 40.3 Å². The van der Waals surface area contributed by atoms with Gasteiger partial charge in [0.05, 0.1) is 5.52 Å². The first kappa shape index (κ1) is 20.6. The van der Waals surface area contributed by atoms with Crippen LogP contribution in [0.4, 0.5) is 0 Å². The van der Waals surface area contributed by atoms with Gasteiger partial charge < -0.3 is 4.57 Å². The van der Waals surface area contributed by atoms with Gasteiger partial charge in [-0.05, 0) is 36.6 Å². The summed E-state index contributed by atoms with van der Waals surface area (Å²) in [6, 6.07) is 22.1. The van der Waals surface area contributed by atoms with Crippen LogP contribution in [0, 0.1) is 6.08 Å². The number of hydrogen-bond acceptors (Lipinski definition) is 0. The van der Waals surface area contributed by atoms with Crippen LogP contribution in [-0.2, 0) is 29.9 Å². The summed E-state index contributed by atoms with van der Waals surface area (Å²) in [6.07, 6.45) is 13.7. The van der Waals surface area contributed by atoms with Crippen LogP contribution >= 0.6 is 18.6 Å². The average Bonchev–Trinajstić information content (AvgIpc) is 3.53. The van der Waals surface area contributed by atoms with E-state index < -0.39 is 17.0 Å². The number of aromatic nitrogens is 1. The zero-order valence-electron chi connectivity index (χ0n) is 16.0. The van der Waals surface area contributed by atoms with Crippen LogP contribution in [0.3, 0.4) is 0 Å². The number of aryl methyl sites for hydroxylation is 1. The standard InChI is InChI=1S/C20H16N.C5H5.2ClH.Ti/c1-2-7-15-13-16(12-14(15)6-1)21-19-10-4-3-8-17(19)18-9-5-11-20(18)21;1-2-4-5-3-1;;;/h1-4,6-8,10,12-13H,5,9,11H2;1-3H,4H2;2*1H;/q2*-1;;;+2/p-2. The number of benzene rings is 2. The molecule has 3 aromatic carbocycles. The van der Waals surface area contributed by atoms with Gasteiger partial charge in [0.2, 0.25) is 0 Å². The Balaban J connectivity index is 0.000000218. The van der Waals surface area contributed by atoms with Gasteiger partial charge in [0, 0.05) is 11.1 Å². The Morgan fingerprint density at radius 3 is 2.52 bits per heavy atom. The van der Waals surface area contributed by atoms with E-state index in [1.165, 1.54) is 52.3 Å². The normalized spacial score (nSPS) is 13.7. The van der Waals surface area contributed by atoms with Crippen molar-refractivity contribution in [3.8, 4) is 5.69 Å². The van der Waals surface area contributed by atoms with Crippen molar-refractivity contribution in [1.29, 1.82) is 0 Å². The molecule has 1 nitrogen and oxygen atoms in total. The first-order valence-electron chi connectivity index (χ1n) is 9.78. The fraction of sp³-hybridized carbons (Fsp3) is 0.160. The molecule has 0 fully saturated rings. The Kier molecular flexibility index (Phi) is 7.05. The molecule has 2 aliphatic rings. The minimum atomic E-state index is -0.556. The van der Waals surface area contributed by atoms with E-state index >= 15 is 0 Å². The molecule has 0 amide bonds. The molecule has 2 aliphatic carbocycles. The van der Waals surface area contributed by atoms with Crippen molar-refractivity contribution in [3.05, 3.63) is 96.2 Å². The van der Waals surface area contributed by atoms with Gasteiger partial charge >= 0.3 is 35.6 Å². The number of rotatable bonds is 1. The largest absolute Gasteiger partial charge is 0.332 e. The van der Waals surface area contributed by atoms with Crippen molar-refractivity contribution in [2.75, 3.05) is 0 Å². The third kappa shape index (κ3) is 4.44. The topological polar surface area (TPSA) is 4.93 Å². The van der Waals surface area contributed by atoms with E-state index in [4.69, 9.17) is 18.6 Å². The Morgan fingerprint density at radius 2 is 1.79 bits per heavy atom. The van der Waals surface area contributed by atoms with E-state index in [0.29, 0.717) is 0 Å². The molecule has 0 N–H and O–H groups in total. The molecule has 0 radical (unpaired) electrons. The Hall–Kier alpha value is -1.64. The predicted molar refractivity (Wildman–Crippen MR) is 122 cm³/mol.